The van der Waals surface area contributed by atoms with Gasteiger partial charge >= 0.3 is 0 Å². The zero-order valence-corrected chi connectivity index (χ0v) is 31.4. The van der Waals surface area contributed by atoms with Gasteiger partial charge in [-0.2, -0.15) is 5.10 Å². The van der Waals surface area contributed by atoms with E-state index in [-0.39, 0.29) is 0 Å². The molecule has 0 aliphatic carbocycles. The molecule has 10 rings (SSSR count). The highest BCUT2D eigenvalue weighted by atomic mass is 15.4. The average Bonchev–Trinajstić information content (AvgIpc) is 3.87. The van der Waals surface area contributed by atoms with E-state index in [1.165, 1.54) is 43.1 Å². The van der Waals surface area contributed by atoms with Gasteiger partial charge in [0, 0.05) is 17.3 Å². The van der Waals surface area contributed by atoms with E-state index in [4.69, 9.17) is 5.10 Å². The van der Waals surface area contributed by atoms with Gasteiger partial charge in [-0.15, -0.1) is 0 Å². The molecule has 0 fully saturated rings. The summed E-state index contributed by atoms with van der Waals surface area (Å²) in [6, 6.07) is 69.9. The Kier molecular flexibility index (Phi) is 8.26. The summed E-state index contributed by atoms with van der Waals surface area (Å²) in [5, 5.41) is 15.2. The van der Waals surface area contributed by atoms with Gasteiger partial charge in [-0.1, -0.05) is 146 Å². The fourth-order valence-corrected chi connectivity index (χ4v) is 7.94. The van der Waals surface area contributed by atoms with Crippen molar-refractivity contribution in [3.05, 3.63) is 200 Å². The fraction of sp³-hybridized carbons (Fsp3) is 0.0377. The van der Waals surface area contributed by atoms with Gasteiger partial charge in [0.05, 0.1) is 28.5 Å². The maximum absolute atomic E-state index is 5.45. The van der Waals surface area contributed by atoms with Crippen LogP contribution in [0.4, 0.5) is 0 Å². The van der Waals surface area contributed by atoms with Crippen LogP contribution in [0.1, 0.15) is 13.8 Å². The Morgan fingerprint density at radius 1 is 0.357 bits per heavy atom. The van der Waals surface area contributed by atoms with Crippen molar-refractivity contribution in [1.82, 2.24) is 9.24 Å². The van der Waals surface area contributed by atoms with Gasteiger partial charge < -0.3 is 4.57 Å². The molecular formula is C53H39N3. The van der Waals surface area contributed by atoms with E-state index in [1.54, 1.807) is 0 Å². The SMILES string of the molecule is CC(=C\n1c(-c2ccc3ccccc3c2)ccc1-c1ccc2ccccc2c1)/C(C)=N/n1c(-c2ccc3ccccc3c2)ccc1-c1ccc2ccccc2c1. The van der Waals surface area contributed by atoms with E-state index in [0.717, 1.165) is 56.3 Å². The first kappa shape index (κ1) is 33.3. The summed E-state index contributed by atoms with van der Waals surface area (Å²) in [4.78, 5) is 0. The Hall–Kier alpha value is -7.23. The lowest BCUT2D eigenvalue weighted by Crippen LogP contribution is -2.04. The fourth-order valence-electron chi connectivity index (χ4n) is 7.94. The number of nitrogens with zero attached hydrogens (tertiary/aromatic N) is 3. The van der Waals surface area contributed by atoms with E-state index >= 15 is 0 Å². The first-order valence-corrected chi connectivity index (χ1v) is 19.2. The van der Waals surface area contributed by atoms with Crippen LogP contribution in [0, 0.1) is 0 Å². The van der Waals surface area contributed by atoms with Crippen molar-refractivity contribution in [2.24, 2.45) is 5.10 Å². The van der Waals surface area contributed by atoms with E-state index in [9.17, 15) is 0 Å². The van der Waals surface area contributed by atoms with Crippen molar-refractivity contribution >= 4 is 55.0 Å². The van der Waals surface area contributed by atoms with Gasteiger partial charge in [-0.25, -0.2) is 4.68 Å². The van der Waals surface area contributed by atoms with Crippen molar-refractivity contribution in [1.29, 1.82) is 0 Å². The zero-order valence-electron chi connectivity index (χ0n) is 31.4. The first-order valence-electron chi connectivity index (χ1n) is 19.2. The molecule has 0 unspecified atom stereocenters. The number of aromatic nitrogens is 2. The molecule has 8 aromatic carbocycles. The highest BCUT2D eigenvalue weighted by Gasteiger charge is 2.16. The molecule has 266 valence electrons. The van der Waals surface area contributed by atoms with Gasteiger partial charge in [0.1, 0.15) is 0 Å². The third kappa shape index (κ3) is 6.10. The minimum Gasteiger partial charge on any atom is -0.316 e. The molecule has 3 heteroatoms. The number of fused-ring (bicyclic) bond motifs is 4. The lowest BCUT2D eigenvalue weighted by molar-refractivity contribution is 0.903. The second kappa shape index (κ2) is 13.9. The van der Waals surface area contributed by atoms with Crippen molar-refractivity contribution in [3.63, 3.8) is 0 Å². The first-order chi connectivity index (χ1) is 27.6. The van der Waals surface area contributed by atoms with Crippen LogP contribution in [0.2, 0.25) is 0 Å². The largest absolute Gasteiger partial charge is 0.316 e. The van der Waals surface area contributed by atoms with Crippen LogP contribution in [-0.2, 0) is 0 Å². The van der Waals surface area contributed by atoms with Crippen LogP contribution in [0.25, 0.3) is 94.3 Å². The third-order valence-electron chi connectivity index (χ3n) is 11.1. The molecule has 2 heterocycles. The molecule has 3 nitrogen and oxygen atoms in total. The summed E-state index contributed by atoms with van der Waals surface area (Å²) in [7, 11) is 0. The molecule has 0 N–H and O–H groups in total. The van der Waals surface area contributed by atoms with Crippen molar-refractivity contribution in [2.75, 3.05) is 0 Å². The molecule has 0 aliphatic rings. The predicted octanol–water partition coefficient (Wildman–Crippen LogP) is 14.4. The quantitative estimate of drug-likeness (QED) is 0.147. The Morgan fingerprint density at radius 2 is 0.661 bits per heavy atom. The van der Waals surface area contributed by atoms with Gasteiger partial charge in [0.15, 0.2) is 0 Å². The Labute approximate surface area is 326 Å². The second-order valence-corrected chi connectivity index (χ2v) is 14.6. The molecule has 0 bridgehead atoms. The number of hydrogen-bond acceptors (Lipinski definition) is 1. The van der Waals surface area contributed by atoms with E-state index in [1.807, 2.05) is 0 Å². The molecular weight excluding hydrogens is 679 g/mol. The maximum Gasteiger partial charge on any atom is 0.0726 e. The van der Waals surface area contributed by atoms with Crippen LogP contribution in [-0.4, -0.2) is 15.0 Å². The van der Waals surface area contributed by atoms with Crippen LogP contribution in [0.5, 0.6) is 0 Å². The molecule has 56 heavy (non-hydrogen) atoms. The monoisotopic (exact) mass is 717 g/mol. The normalized spacial score (nSPS) is 12.3. The van der Waals surface area contributed by atoms with Crippen LogP contribution in [0.15, 0.2) is 205 Å². The van der Waals surface area contributed by atoms with E-state index < -0.39 is 0 Å². The number of rotatable bonds is 7. The van der Waals surface area contributed by atoms with Crippen molar-refractivity contribution in [3.8, 4) is 45.0 Å². The number of allylic oxidation sites excluding steroid dienone is 1. The molecule has 0 aliphatic heterocycles. The predicted molar refractivity (Wildman–Crippen MR) is 239 cm³/mol. The second-order valence-electron chi connectivity index (χ2n) is 14.6. The molecule has 0 saturated heterocycles. The molecule has 10 aromatic rings. The van der Waals surface area contributed by atoms with Crippen molar-refractivity contribution in [2.45, 2.75) is 13.8 Å². The average molecular weight is 718 g/mol. The van der Waals surface area contributed by atoms with Gasteiger partial charge in [-0.05, 0) is 122 Å². The summed E-state index contributed by atoms with van der Waals surface area (Å²) in [5.41, 5.74) is 10.9. The number of benzene rings is 8. The highest BCUT2D eigenvalue weighted by Crippen LogP contribution is 2.35. The van der Waals surface area contributed by atoms with E-state index in [2.05, 4.69) is 223 Å². The lowest BCUT2D eigenvalue weighted by Gasteiger charge is -2.14. The third-order valence-corrected chi connectivity index (χ3v) is 11.1. The van der Waals surface area contributed by atoms with Crippen LogP contribution < -0.4 is 0 Å². The summed E-state index contributed by atoms with van der Waals surface area (Å²) in [5.74, 6) is 0. The van der Waals surface area contributed by atoms with Crippen LogP contribution in [0.3, 0.4) is 0 Å². The topological polar surface area (TPSA) is 22.2 Å². The van der Waals surface area contributed by atoms with E-state index in [0.29, 0.717) is 0 Å². The van der Waals surface area contributed by atoms with Gasteiger partial charge in [-0.3, -0.25) is 0 Å². The molecule has 0 spiro atoms. The van der Waals surface area contributed by atoms with Crippen LogP contribution >= 0.6 is 0 Å². The zero-order chi connectivity index (χ0) is 37.6. The smallest absolute Gasteiger partial charge is 0.0726 e. The Balaban J connectivity index is 1.13. The summed E-state index contributed by atoms with van der Waals surface area (Å²) >= 11 is 0. The Bertz CT molecular complexity index is 2760. The summed E-state index contributed by atoms with van der Waals surface area (Å²) in [6.45, 7) is 4.29. The summed E-state index contributed by atoms with van der Waals surface area (Å²) in [6.07, 6.45) is 2.25. The van der Waals surface area contributed by atoms with Crippen molar-refractivity contribution < 1.29 is 0 Å². The molecule has 2 aromatic heterocycles. The van der Waals surface area contributed by atoms with Gasteiger partial charge in [0.25, 0.3) is 0 Å². The lowest BCUT2D eigenvalue weighted by atomic mass is 10.0. The van der Waals surface area contributed by atoms with Gasteiger partial charge in [0.2, 0.25) is 0 Å². The molecule has 0 radical (unpaired) electrons. The molecule has 0 saturated carbocycles. The molecule has 0 atom stereocenters. The summed E-state index contributed by atoms with van der Waals surface area (Å²) < 4.78 is 4.47. The Morgan fingerprint density at radius 3 is 1.02 bits per heavy atom. The standard InChI is InChI=1S/C53H39N3/c1-36(35-55-50(46-23-19-38-11-3-7-15-42(38)31-46)27-28-51(55)47-24-20-39-12-4-8-16-43(39)32-47)37(2)54-56-52(48-25-21-40-13-5-9-17-44(40)33-48)29-30-53(56)49-26-22-41-14-6-10-18-45(41)34-49/h3-35H,1-2H3/b36-35+,54-37+. The molecule has 0 amide bonds. The minimum atomic E-state index is 0.924. The number of hydrogen-bond donors (Lipinski definition) is 0. The highest BCUT2D eigenvalue weighted by molar-refractivity contribution is 6.01. The maximum atomic E-state index is 5.45. The minimum absolute atomic E-state index is 0.924.